The molecule has 1 aliphatic rings. The quantitative estimate of drug-likeness (QED) is 0.800. The first-order valence-electron chi connectivity index (χ1n) is 6.96. The summed E-state index contributed by atoms with van der Waals surface area (Å²) in [5.41, 5.74) is 0.547. The molecule has 5 nitrogen and oxygen atoms in total. The molecular weight excluding hydrogens is 256 g/mol. The molecule has 1 atom stereocenters. The minimum Gasteiger partial charge on any atom is -0.493 e. The summed E-state index contributed by atoms with van der Waals surface area (Å²) in [6, 6.07) is 7.25. The number of ether oxygens (including phenoxy) is 1. The molecule has 5 heteroatoms. The van der Waals surface area contributed by atoms with Crippen molar-refractivity contribution in [3.63, 3.8) is 0 Å². The molecule has 2 rings (SSSR count). The van der Waals surface area contributed by atoms with Gasteiger partial charge in [-0.2, -0.15) is 0 Å². The van der Waals surface area contributed by atoms with Crippen LogP contribution in [-0.4, -0.2) is 43.0 Å². The van der Waals surface area contributed by atoms with Gasteiger partial charge in [-0.15, -0.1) is 0 Å². The van der Waals surface area contributed by atoms with Gasteiger partial charge in [0, 0.05) is 19.1 Å². The van der Waals surface area contributed by atoms with Crippen LogP contribution in [0.3, 0.4) is 0 Å². The molecular formula is C15H20N2O3. The van der Waals surface area contributed by atoms with Gasteiger partial charge in [0.05, 0.1) is 12.2 Å². The lowest BCUT2D eigenvalue weighted by Crippen LogP contribution is -2.37. The zero-order chi connectivity index (χ0) is 14.4. The average Bonchev–Trinajstić information content (AvgIpc) is 2.93. The van der Waals surface area contributed by atoms with Crippen molar-refractivity contribution in [1.82, 2.24) is 10.2 Å². The van der Waals surface area contributed by atoms with E-state index in [0.717, 1.165) is 19.3 Å². The first-order chi connectivity index (χ1) is 9.74. The zero-order valence-electron chi connectivity index (χ0n) is 11.7. The van der Waals surface area contributed by atoms with Crippen molar-refractivity contribution in [2.45, 2.75) is 25.8 Å². The number of amides is 2. The largest absolute Gasteiger partial charge is 0.493 e. The molecule has 0 spiro atoms. The first kappa shape index (κ1) is 14.4. The lowest BCUT2D eigenvalue weighted by Gasteiger charge is -2.15. The Labute approximate surface area is 118 Å². The summed E-state index contributed by atoms with van der Waals surface area (Å²) < 4.78 is 5.59. The third-order valence-electron chi connectivity index (χ3n) is 3.30. The molecule has 1 aromatic rings. The molecule has 2 amide bonds. The highest BCUT2D eigenvalue weighted by atomic mass is 16.5. The van der Waals surface area contributed by atoms with E-state index in [4.69, 9.17) is 4.74 Å². The Morgan fingerprint density at radius 2 is 2.30 bits per heavy atom. The van der Waals surface area contributed by atoms with E-state index in [-0.39, 0.29) is 11.9 Å². The number of hydrogen-bond donors (Lipinski definition) is 1. The van der Waals surface area contributed by atoms with Gasteiger partial charge >= 0.3 is 0 Å². The van der Waals surface area contributed by atoms with Crippen molar-refractivity contribution >= 4 is 12.3 Å². The van der Waals surface area contributed by atoms with Crippen molar-refractivity contribution in [2.75, 3.05) is 19.7 Å². The van der Waals surface area contributed by atoms with Gasteiger partial charge in [0.2, 0.25) is 6.41 Å². The minimum absolute atomic E-state index is 0.0203. The van der Waals surface area contributed by atoms with Crippen LogP contribution in [0.2, 0.25) is 0 Å². The molecule has 1 fully saturated rings. The van der Waals surface area contributed by atoms with E-state index in [2.05, 4.69) is 5.32 Å². The smallest absolute Gasteiger partial charge is 0.255 e. The predicted molar refractivity (Wildman–Crippen MR) is 75.7 cm³/mol. The van der Waals surface area contributed by atoms with Gasteiger partial charge in [-0.1, -0.05) is 19.1 Å². The molecule has 0 aromatic heterocycles. The Bertz CT molecular complexity index is 476. The number of hydrogen-bond acceptors (Lipinski definition) is 3. The third-order valence-corrected chi connectivity index (χ3v) is 3.30. The van der Waals surface area contributed by atoms with E-state index in [1.54, 1.807) is 17.0 Å². The Balaban J connectivity index is 2.00. The second-order valence-electron chi connectivity index (χ2n) is 4.90. The van der Waals surface area contributed by atoms with Crippen molar-refractivity contribution in [1.29, 1.82) is 0 Å². The van der Waals surface area contributed by atoms with Gasteiger partial charge in [-0.25, -0.2) is 0 Å². The van der Waals surface area contributed by atoms with Crippen LogP contribution < -0.4 is 10.1 Å². The molecule has 1 saturated heterocycles. The summed E-state index contributed by atoms with van der Waals surface area (Å²) in [5.74, 6) is 0.464. The molecule has 1 heterocycles. The highest BCUT2D eigenvalue weighted by molar-refractivity contribution is 5.97. The maximum absolute atomic E-state index is 12.3. The summed E-state index contributed by atoms with van der Waals surface area (Å²) in [4.78, 5) is 24.6. The normalized spacial score (nSPS) is 17.9. The maximum atomic E-state index is 12.3. The van der Waals surface area contributed by atoms with Crippen molar-refractivity contribution in [2.24, 2.45) is 0 Å². The molecule has 0 saturated carbocycles. The number of rotatable bonds is 6. The molecule has 20 heavy (non-hydrogen) atoms. The van der Waals surface area contributed by atoms with Crippen LogP contribution >= 0.6 is 0 Å². The van der Waals surface area contributed by atoms with Crippen molar-refractivity contribution < 1.29 is 14.3 Å². The lowest BCUT2D eigenvalue weighted by atomic mass is 10.1. The Morgan fingerprint density at radius 3 is 3.00 bits per heavy atom. The number of carbonyl (C=O) groups is 2. The molecule has 0 aliphatic carbocycles. The van der Waals surface area contributed by atoms with E-state index >= 15 is 0 Å². The summed E-state index contributed by atoms with van der Waals surface area (Å²) in [5, 5.41) is 2.96. The standard InChI is InChI=1S/C15H20N2O3/c1-2-9-20-14-6-4-3-5-13(14)15(19)16-12-7-8-17(10-12)11-18/h3-6,11-12H,2,7-10H2,1H3,(H,16,19). The predicted octanol–water partition coefficient (Wildman–Crippen LogP) is 1.44. The van der Waals surface area contributed by atoms with E-state index in [1.807, 2.05) is 19.1 Å². The van der Waals surface area contributed by atoms with E-state index in [0.29, 0.717) is 31.0 Å². The third kappa shape index (κ3) is 3.50. The molecule has 0 radical (unpaired) electrons. The molecule has 1 aliphatic heterocycles. The molecule has 1 N–H and O–H groups in total. The lowest BCUT2D eigenvalue weighted by molar-refractivity contribution is -0.117. The number of nitrogens with one attached hydrogen (secondary N) is 1. The second-order valence-corrected chi connectivity index (χ2v) is 4.90. The van der Waals surface area contributed by atoms with Crippen LogP contribution in [0.15, 0.2) is 24.3 Å². The Kier molecular flexibility index (Phi) is 4.98. The van der Waals surface area contributed by atoms with Gasteiger partial charge in [0.15, 0.2) is 0 Å². The Morgan fingerprint density at radius 1 is 1.50 bits per heavy atom. The van der Waals surface area contributed by atoms with E-state index in [9.17, 15) is 9.59 Å². The average molecular weight is 276 g/mol. The van der Waals surface area contributed by atoms with Gasteiger partial charge in [-0.05, 0) is 25.0 Å². The number of likely N-dealkylation sites (tertiary alicyclic amines) is 1. The van der Waals surface area contributed by atoms with Crippen molar-refractivity contribution in [3.8, 4) is 5.75 Å². The van der Waals surface area contributed by atoms with Crippen LogP contribution in [0.4, 0.5) is 0 Å². The minimum atomic E-state index is -0.144. The van der Waals surface area contributed by atoms with Gasteiger partial charge in [0.25, 0.3) is 5.91 Å². The highest BCUT2D eigenvalue weighted by Gasteiger charge is 2.24. The van der Waals surface area contributed by atoms with Crippen molar-refractivity contribution in [3.05, 3.63) is 29.8 Å². The van der Waals surface area contributed by atoms with Crippen LogP contribution in [0.25, 0.3) is 0 Å². The number of para-hydroxylation sites is 1. The Hall–Kier alpha value is -2.04. The van der Waals surface area contributed by atoms with Gasteiger partial charge in [-0.3, -0.25) is 9.59 Å². The fourth-order valence-electron chi connectivity index (χ4n) is 2.26. The van der Waals surface area contributed by atoms with E-state index < -0.39 is 0 Å². The van der Waals surface area contributed by atoms with Gasteiger partial charge < -0.3 is 15.0 Å². The fourth-order valence-corrected chi connectivity index (χ4v) is 2.26. The van der Waals surface area contributed by atoms with Crippen LogP contribution in [0.1, 0.15) is 30.1 Å². The second kappa shape index (κ2) is 6.93. The van der Waals surface area contributed by atoms with Crippen LogP contribution in [-0.2, 0) is 4.79 Å². The number of nitrogens with zero attached hydrogens (tertiary/aromatic N) is 1. The SMILES string of the molecule is CCCOc1ccccc1C(=O)NC1CCN(C=O)C1. The topological polar surface area (TPSA) is 58.6 Å². The number of carbonyl (C=O) groups excluding carboxylic acids is 2. The van der Waals surface area contributed by atoms with Crippen LogP contribution in [0.5, 0.6) is 5.75 Å². The molecule has 1 unspecified atom stereocenters. The fraction of sp³-hybridized carbons (Fsp3) is 0.467. The van der Waals surface area contributed by atoms with Gasteiger partial charge in [0.1, 0.15) is 5.75 Å². The van der Waals surface area contributed by atoms with Crippen LogP contribution in [0, 0.1) is 0 Å². The summed E-state index contributed by atoms with van der Waals surface area (Å²) in [6.07, 6.45) is 2.51. The monoisotopic (exact) mass is 276 g/mol. The molecule has 1 aromatic carbocycles. The number of benzene rings is 1. The zero-order valence-corrected chi connectivity index (χ0v) is 11.7. The van der Waals surface area contributed by atoms with E-state index in [1.165, 1.54) is 0 Å². The summed E-state index contributed by atoms with van der Waals surface area (Å²) in [7, 11) is 0. The summed E-state index contributed by atoms with van der Waals surface area (Å²) >= 11 is 0. The maximum Gasteiger partial charge on any atom is 0.255 e. The highest BCUT2D eigenvalue weighted by Crippen LogP contribution is 2.19. The molecule has 108 valence electrons. The first-order valence-corrected chi connectivity index (χ1v) is 6.96. The molecule has 0 bridgehead atoms. The summed E-state index contributed by atoms with van der Waals surface area (Å²) in [6.45, 7) is 3.89.